The largest absolute Gasteiger partial charge is 0.443 e. The Morgan fingerprint density at radius 3 is 2.29 bits per heavy atom. The van der Waals surface area contributed by atoms with Crippen LogP contribution in [0.3, 0.4) is 0 Å². The summed E-state index contributed by atoms with van der Waals surface area (Å²) in [5.74, 6) is 6.00. The number of esters is 1. The van der Waals surface area contributed by atoms with E-state index in [-0.39, 0.29) is 18.3 Å². The van der Waals surface area contributed by atoms with Crippen molar-refractivity contribution in [3.05, 3.63) is 35.9 Å². The molecule has 2 aliphatic rings. The van der Waals surface area contributed by atoms with Crippen LogP contribution >= 0.6 is 12.4 Å². The maximum Gasteiger partial charge on any atom is 0.344 e. The molecule has 31 heavy (non-hydrogen) atoms. The Hall–Kier alpha value is -1.54. The zero-order chi connectivity index (χ0) is 21.5. The molecule has 3 rings (SSSR count). The SMILES string of the molecule is CCN(CC)CC#CC1(OC(=O)C(O)(c2ccccc2)C2CCCC2)CCCCC1.Cl. The van der Waals surface area contributed by atoms with E-state index in [0.717, 1.165) is 70.9 Å². The predicted octanol–water partition coefficient (Wildman–Crippen LogP) is 5.08. The topological polar surface area (TPSA) is 49.8 Å². The van der Waals surface area contributed by atoms with Gasteiger partial charge < -0.3 is 9.84 Å². The molecule has 0 spiro atoms. The number of aliphatic hydroxyl groups is 1. The number of benzene rings is 1. The minimum Gasteiger partial charge on any atom is -0.443 e. The monoisotopic (exact) mass is 447 g/mol. The van der Waals surface area contributed by atoms with E-state index >= 15 is 0 Å². The fourth-order valence-electron chi connectivity index (χ4n) is 4.95. The van der Waals surface area contributed by atoms with Crippen molar-refractivity contribution in [3.63, 3.8) is 0 Å². The fourth-order valence-corrected chi connectivity index (χ4v) is 4.95. The highest BCUT2D eigenvalue weighted by Gasteiger charge is 2.50. The number of carbonyl (C=O) groups excluding carboxylic acids is 1. The first kappa shape index (κ1) is 25.7. The smallest absolute Gasteiger partial charge is 0.344 e. The summed E-state index contributed by atoms with van der Waals surface area (Å²) in [6.07, 6.45) is 8.43. The molecule has 1 unspecified atom stereocenters. The van der Waals surface area contributed by atoms with Crippen LogP contribution in [0.5, 0.6) is 0 Å². The van der Waals surface area contributed by atoms with Crippen LogP contribution in [0.4, 0.5) is 0 Å². The number of nitrogens with zero attached hydrogens (tertiary/aromatic N) is 1. The van der Waals surface area contributed by atoms with Crippen molar-refractivity contribution in [1.82, 2.24) is 4.90 Å². The van der Waals surface area contributed by atoms with Crippen molar-refractivity contribution in [1.29, 1.82) is 0 Å². The summed E-state index contributed by atoms with van der Waals surface area (Å²) in [6, 6.07) is 9.36. The molecule has 0 amide bonds. The summed E-state index contributed by atoms with van der Waals surface area (Å²) >= 11 is 0. The van der Waals surface area contributed by atoms with Gasteiger partial charge in [0, 0.05) is 5.92 Å². The van der Waals surface area contributed by atoms with Gasteiger partial charge in [-0.3, -0.25) is 4.90 Å². The summed E-state index contributed by atoms with van der Waals surface area (Å²) in [6.45, 7) is 6.84. The van der Waals surface area contributed by atoms with Crippen molar-refractivity contribution in [3.8, 4) is 11.8 Å². The van der Waals surface area contributed by atoms with Crippen LogP contribution in [0.1, 0.15) is 77.2 Å². The van der Waals surface area contributed by atoms with Crippen LogP contribution in [0, 0.1) is 17.8 Å². The molecule has 1 aromatic rings. The van der Waals surface area contributed by atoms with Gasteiger partial charge in [-0.1, -0.05) is 75.3 Å². The molecule has 0 radical (unpaired) electrons. The molecule has 0 aromatic heterocycles. The van der Waals surface area contributed by atoms with E-state index < -0.39 is 17.2 Å². The first-order chi connectivity index (χ1) is 14.5. The molecule has 2 saturated carbocycles. The molecule has 0 aliphatic heterocycles. The van der Waals surface area contributed by atoms with Crippen LogP contribution in [-0.4, -0.2) is 41.2 Å². The number of halogens is 1. The first-order valence-corrected chi connectivity index (χ1v) is 11.8. The summed E-state index contributed by atoms with van der Waals surface area (Å²) < 4.78 is 6.18. The van der Waals surface area contributed by atoms with Gasteiger partial charge in [0.1, 0.15) is 0 Å². The highest BCUT2D eigenvalue weighted by Crippen LogP contribution is 2.43. The molecule has 0 heterocycles. The molecular weight excluding hydrogens is 410 g/mol. The number of rotatable bonds is 7. The van der Waals surface area contributed by atoms with Crippen LogP contribution in [0.25, 0.3) is 0 Å². The van der Waals surface area contributed by atoms with E-state index in [0.29, 0.717) is 12.1 Å². The summed E-state index contributed by atoms with van der Waals surface area (Å²) in [4.78, 5) is 15.8. The van der Waals surface area contributed by atoms with Gasteiger partial charge in [0.2, 0.25) is 0 Å². The minimum atomic E-state index is -1.59. The third kappa shape index (κ3) is 6.04. The maximum absolute atomic E-state index is 13.6. The van der Waals surface area contributed by atoms with Crippen molar-refractivity contribution in [2.45, 2.75) is 82.8 Å². The average Bonchev–Trinajstić information content (AvgIpc) is 3.33. The van der Waals surface area contributed by atoms with E-state index in [9.17, 15) is 9.90 Å². The van der Waals surface area contributed by atoms with Crippen LogP contribution in [0.15, 0.2) is 30.3 Å². The second-order valence-electron chi connectivity index (χ2n) is 8.82. The number of carbonyl (C=O) groups is 1. The zero-order valence-corrected chi connectivity index (χ0v) is 19.9. The van der Waals surface area contributed by atoms with E-state index in [1.54, 1.807) is 0 Å². The Labute approximate surface area is 194 Å². The van der Waals surface area contributed by atoms with E-state index in [2.05, 4.69) is 30.6 Å². The van der Waals surface area contributed by atoms with Gasteiger partial charge in [-0.2, -0.15) is 0 Å². The molecule has 2 aliphatic carbocycles. The van der Waals surface area contributed by atoms with Crippen LogP contribution in [-0.2, 0) is 15.1 Å². The molecule has 2 fully saturated rings. The standard InChI is InChI=1S/C26H37NO3.ClH/c1-3-27(4-2)21-13-20-25(18-11-6-12-19-25)30-24(28)26(29,23-16-9-10-17-23)22-14-7-5-8-15-22;/h5,7-8,14-15,23,29H,3-4,6,9-12,16-19,21H2,1-2H3;1H. The van der Waals surface area contributed by atoms with Crippen molar-refractivity contribution >= 4 is 18.4 Å². The summed E-state index contributed by atoms with van der Waals surface area (Å²) in [5.41, 5.74) is -1.73. The summed E-state index contributed by atoms with van der Waals surface area (Å²) in [5, 5.41) is 11.8. The third-order valence-electron chi connectivity index (χ3n) is 6.93. The fraction of sp³-hybridized carbons (Fsp3) is 0.654. The van der Waals surface area contributed by atoms with E-state index in [1.165, 1.54) is 0 Å². The average molecular weight is 448 g/mol. The predicted molar refractivity (Wildman–Crippen MR) is 127 cm³/mol. The normalized spacial score (nSPS) is 20.3. The maximum atomic E-state index is 13.6. The van der Waals surface area contributed by atoms with Gasteiger partial charge in [0.25, 0.3) is 0 Å². The Kier molecular flexibility index (Phi) is 9.88. The first-order valence-electron chi connectivity index (χ1n) is 11.8. The molecule has 1 atom stereocenters. The highest BCUT2D eigenvalue weighted by molar-refractivity contribution is 5.85. The van der Waals surface area contributed by atoms with Gasteiger partial charge in [0.15, 0.2) is 11.2 Å². The second kappa shape index (κ2) is 11.9. The summed E-state index contributed by atoms with van der Waals surface area (Å²) in [7, 11) is 0. The number of hydrogen-bond donors (Lipinski definition) is 1. The quantitative estimate of drug-likeness (QED) is 0.468. The Balaban J connectivity index is 0.00000341. The molecule has 1 N–H and O–H groups in total. The zero-order valence-electron chi connectivity index (χ0n) is 19.1. The van der Waals surface area contributed by atoms with Crippen LogP contribution < -0.4 is 0 Å². The number of hydrogen-bond acceptors (Lipinski definition) is 4. The van der Waals surface area contributed by atoms with E-state index in [4.69, 9.17) is 4.74 Å². The Morgan fingerprint density at radius 1 is 1.10 bits per heavy atom. The number of ether oxygens (including phenoxy) is 1. The highest BCUT2D eigenvalue weighted by atomic mass is 35.5. The molecule has 0 saturated heterocycles. The Morgan fingerprint density at radius 2 is 1.71 bits per heavy atom. The van der Waals surface area contributed by atoms with Crippen molar-refractivity contribution < 1.29 is 14.6 Å². The molecular formula is C26H38ClNO3. The lowest BCUT2D eigenvalue weighted by Crippen LogP contribution is -2.48. The molecule has 0 bridgehead atoms. The molecule has 4 nitrogen and oxygen atoms in total. The molecule has 1 aromatic carbocycles. The van der Waals surface area contributed by atoms with Crippen molar-refractivity contribution in [2.75, 3.05) is 19.6 Å². The van der Waals surface area contributed by atoms with Crippen LogP contribution in [0.2, 0.25) is 0 Å². The van der Waals surface area contributed by atoms with Gasteiger partial charge >= 0.3 is 5.97 Å². The third-order valence-corrected chi connectivity index (χ3v) is 6.93. The lowest BCUT2D eigenvalue weighted by molar-refractivity contribution is -0.187. The molecule has 172 valence electrons. The molecule has 5 heteroatoms. The Bertz CT molecular complexity index is 741. The van der Waals surface area contributed by atoms with Crippen molar-refractivity contribution in [2.24, 2.45) is 5.92 Å². The van der Waals surface area contributed by atoms with Gasteiger partial charge in [-0.25, -0.2) is 4.79 Å². The lowest BCUT2D eigenvalue weighted by atomic mass is 9.79. The van der Waals surface area contributed by atoms with Gasteiger partial charge in [-0.05, 0) is 57.2 Å². The lowest BCUT2D eigenvalue weighted by Gasteiger charge is -2.38. The second-order valence-corrected chi connectivity index (χ2v) is 8.82. The van der Waals surface area contributed by atoms with Gasteiger partial charge in [-0.15, -0.1) is 12.4 Å². The minimum absolute atomic E-state index is 0. The van der Waals surface area contributed by atoms with E-state index in [1.807, 2.05) is 30.3 Å². The van der Waals surface area contributed by atoms with Gasteiger partial charge in [0.05, 0.1) is 6.54 Å².